The van der Waals surface area contributed by atoms with Gasteiger partial charge in [-0.1, -0.05) is 60.2 Å². The van der Waals surface area contributed by atoms with E-state index in [0.717, 1.165) is 24.0 Å². The lowest BCUT2D eigenvalue weighted by Gasteiger charge is -2.29. The van der Waals surface area contributed by atoms with Crippen molar-refractivity contribution in [2.24, 2.45) is 0 Å². The number of nitrogens with zero attached hydrogens (tertiary/aromatic N) is 1. The highest BCUT2D eigenvalue weighted by atomic mass is 35.5. The Morgan fingerprint density at radius 1 is 1.22 bits per heavy atom. The van der Waals surface area contributed by atoms with Gasteiger partial charge in [0.15, 0.2) is 0 Å². The summed E-state index contributed by atoms with van der Waals surface area (Å²) in [6, 6.07) is 12.6. The maximum Gasteiger partial charge on any atom is 0.327 e. The molecule has 1 aromatic heterocycles. The summed E-state index contributed by atoms with van der Waals surface area (Å²) in [6.07, 6.45) is 7.05. The molecule has 0 aliphatic heterocycles. The van der Waals surface area contributed by atoms with Crippen LogP contribution in [0.2, 0.25) is 5.15 Å². The molecule has 0 bridgehead atoms. The highest BCUT2D eigenvalue weighted by molar-refractivity contribution is 6.29. The lowest BCUT2D eigenvalue weighted by atomic mass is 9.88. The molecule has 0 unspecified atom stereocenters. The second-order valence-corrected chi connectivity index (χ2v) is 6.57. The standard InChI is InChI=1S/C22H25ClN2O2/c1-4-6-12-19(18(5-2)17-13-14-20(23)24-15-17)25-21(22(26)27-3)16-10-8-7-9-11-16/h4-5,7-11,13-15,18-19,21,25H,1-2,6,12H2,3H3/t18-,19+,21-/m0/s1. The minimum absolute atomic E-state index is 0.0504. The molecule has 1 N–H and O–H groups in total. The van der Waals surface area contributed by atoms with Gasteiger partial charge in [-0.05, 0) is 30.0 Å². The smallest absolute Gasteiger partial charge is 0.327 e. The van der Waals surface area contributed by atoms with Crippen LogP contribution in [0.25, 0.3) is 0 Å². The predicted molar refractivity (Wildman–Crippen MR) is 110 cm³/mol. The molecular weight excluding hydrogens is 360 g/mol. The number of aromatic nitrogens is 1. The van der Waals surface area contributed by atoms with Crippen LogP contribution in [0, 0.1) is 0 Å². The van der Waals surface area contributed by atoms with Crippen molar-refractivity contribution in [2.75, 3.05) is 7.11 Å². The van der Waals surface area contributed by atoms with Gasteiger partial charge >= 0.3 is 5.97 Å². The maximum absolute atomic E-state index is 12.5. The quantitative estimate of drug-likeness (QED) is 0.361. The van der Waals surface area contributed by atoms with E-state index in [2.05, 4.69) is 23.5 Å². The van der Waals surface area contributed by atoms with Crippen LogP contribution in [0.4, 0.5) is 0 Å². The summed E-state index contributed by atoms with van der Waals surface area (Å²) >= 11 is 5.92. The van der Waals surface area contributed by atoms with Crippen LogP contribution in [-0.2, 0) is 9.53 Å². The summed E-state index contributed by atoms with van der Waals surface area (Å²) in [5, 5.41) is 3.90. The van der Waals surface area contributed by atoms with Crippen LogP contribution in [0.3, 0.4) is 0 Å². The highest BCUT2D eigenvalue weighted by Crippen LogP contribution is 2.27. The zero-order valence-electron chi connectivity index (χ0n) is 15.5. The van der Waals surface area contributed by atoms with Gasteiger partial charge in [0.05, 0.1) is 7.11 Å². The van der Waals surface area contributed by atoms with Gasteiger partial charge in [-0.15, -0.1) is 13.2 Å². The van der Waals surface area contributed by atoms with Gasteiger partial charge in [-0.2, -0.15) is 0 Å². The molecule has 4 nitrogen and oxygen atoms in total. The number of carbonyl (C=O) groups excluding carboxylic acids is 1. The minimum Gasteiger partial charge on any atom is -0.468 e. The van der Waals surface area contributed by atoms with E-state index in [0.29, 0.717) is 5.15 Å². The number of hydrogen-bond donors (Lipinski definition) is 1. The number of carbonyl (C=O) groups is 1. The van der Waals surface area contributed by atoms with Gasteiger partial charge in [-0.3, -0.25) is 5.32 Å². The van der Waals surface area contributed by atoms with Crippen LogP contribution in [0.5, 0.6) is 0 Å². The van der Waals surface area contributed by atoms with E-state index in [4.69, 9.17) is 16.3 Å². The fourth-order valence-corrected chi connectivity index (χ4v) is 3.17. The van der Waals surface area contributed by atoms with Crippen molar-refractivity contribution >= 4 is 17.6 Å². The van der Waals surface area contributed by atoms with E-state index in [1.165, 1.54) is 7.11 Å². The summed E-state index contributed by atoms with van der Waals surface area (Å²) in [7, 11) is 1.40. The first kappa shape index (κ1) is 20.9. The van der Waals surface area contributed by atoms with E-state index < -0.39 is 6.04 Å². The number of esters is 1. The molecule has 5 heteroatoms. The summed E-state index contributed by atoms with van der Waals surface area (Å²) in [5.74, 6) is -0.382. The number of benzene rings is 1. The molecule has 0 fully saturated rings. The maximum atomic E-state index is 12.5. The monoisotopic (exact) mass is 384 g/mol. The molecule has 0 saturated heterocycles. The van der Waals surface area contributed by atoms with E-state index in [9.17, 15) is 4.79 Å². The van der Waals surface area contributed by atoms with Crippen molar-refractivity contribution in [3.8, 4) is 0 Å². The van der Waals surface area contributed by atoms with Crippen molar-refractivity contribution in [3.05, 3.63) is 90.3 Å². The summed E-state index contributed by atoms with van der Waals surface area (Å²) < 4.78 is 5.03. The number of ether oxygens (including phenoxy) is 1. The Kier molecular flexibility index (Phi) is 8.24. The molecular formula is C22H25ClN2O2. The molecule has 3 atom stereocenters. The Morgan fingerprint density at radius 2 is 1.96 bits per heavy atom. The molecule has 0 radical (unpaired) electrons. The van der Waals surface area contributed by atoms with Gasteiger partial charge in [-0.25, -0.2) is 9.78 Å². The Bertz CT molecular complexity index is 747. The largest absolute Gasteiger partial charge is 0.468 e. The Hall–Kier alpha value is -2.43. The van der Waals surface area contributed by atoms with Crippen LogP contribution in [-0.4, -0.2) is 24.1 Å². The first-order valence-electron chi connectivity index (χ1n) is 8.84. The molecule has 142 valence electrons. The number of nitrogens with one attached hydrogen (secondary N) is 1. The second kappa shape index (κ2) is 10.7. The zero-order chi connectivity index (χ0) is 19.6. The number of methoxy groups -OCH3 is 1. The predicted octanol–water partition coefficient (Wildman–Crippen LogP) is 4.84. The van der Waals surface area contributed by atoms with Gasteiger partial charge in [0.2, 0.25) is 0 Å². The second-order valence-electron chi connectivity index (χ2n) is 6.18. The SMILES string of the molecule is C=CCC[C@@H](N[C@H](C(=O)OC)c1ccccc1)[C@@H](C=C)c1ccc(Cl)nc1. The zero-order valence-corrected chi connectivity index (χ0v) is 16.2. The number of pyridine rings is 1. The molecule has 1 heterocycles. The van der Waals surface area contributed by atoms with Gasteiger partial charge in [0, 0.05) is 18.2 Å². The van der Waals surface area contributed by atoms with Crippen LogP contribution < -0.4 is 5.32 Å². The highest BCUT2D eigenvalue weighted by Gasteiger charge is 2.28. The summed E-state index contributed by atoms with van der Waals surface area (Å²) in [5.41, 5.74) is 1.83. The Labute approximate surface area is 165 Å². The van der Waals surface area contributed by atoms with Crippen LogP contribution in [0.1, 0.15) is 35.9 Å². The third-order valence-electron chi connectivity index (χ3n) is 4.45. The summed E-state index contributed by atoms with van der Waals surface area (Å²) in [4.78, 5) is 16.6. The molecule has 2 aromatic rings. The number of rotatable bonds is 10. The fourth-order valence-electron chi connectivity index (χ4n) is 3.06. The molecule has 0 aliphatic carbocycles. The molecule has 0 aliphatic rings. The van der Waals surface area contributed by atoms with Crippen LogP contribution >= 0.6 is 11.6 Å². The Morgan fingerprint density at radius 3 is 2.52 bits per heavy atom. The van der Waals surface area contributed by atoms with E-state index in [1.54, 1.807) is 12.3 Å². The number of hydrogen-bond acceptors (Lipinski definition) is 4. The molecule has 0 amide bonds. The van der Waals surface area contributed by atoms with Crippen LogP contribution in [0.15, 0.2) is 74.0 Å². The van der Waals surface area contributed by atoms with E-state index in [1.807, 2.05) is 48.6 Å². The number of allylic oxidation sites excluding steroid dienone is 1. The van der Waals surface area contributed by atoms with Gasteiger partial charge < -0.3 is 4.74 Å². The third-order valence-corrected chi connectivity index (χ3v) is 4.68. The Balaban J connectivity index is 2.34. The van der Waals surface area contributed by atoms with Crippen molar-refractivity contribution in [1.29, 1.82) is 0 Å². The molecule has 0 spiro atoms. The molecule has 0 saturated carbocycles. The van der Waals surface area contributed by atoms with Crippen molar-refractivity contribution < 1.29 is 9.53 Å². The summed E-state index contributed by atoms with van der Waals surface area (Å²) in [6.45, 7) is 7.81. The normalized spacial score (nSPS) is 14.0. The van der Waals surface area contributed by atoms with E-state index in [-0.39, 0.29) is 17.9 Å². The topological polar surface area (TPSA) is 51.2 Å². The lowest BCUT2D eigenvalue weighted by molar-refractivity contribution is -0.143. The van der Waals surface area contributed by atoms with E-state index >= 15 is 0 Å². The number of halogens is 1. The minimum atomic E-state index is -0.575. The average Bonchev–Trinajstić information content (AvgIpc) is 2.71. The lowest BCUT2D eigenvalue weighted by Crippen LogP contribution is -2.40. The fraction of sp³-hybridized carbons (Fsp3) is 0.273. The van der Waals surface area contributed by atoms with Gasteiger partial charge in [0.25, 0.3) is 0 Å². The van der Waals surface area contributed by atoms with Crippen molar-refractivity contribution in [2.45, 2.75) is 30.8 Å². The molecule has 1 aromatic carbocycles. The molecule has 27 heavy (non-hydrogen) atoms. The average molecular weight is 385 g/mol. The molecule has 2 rings (SSSR count). The van der Waals surface area contributed by atoms with Crippen molar-refractivity contribution in [3.63, 3.8) is 0 Å². The van der Waals surface area contributed by atoms with Crippen molar-refractivity contribution in [1.82, 2.24) is 10.3 Å². The van der Waals surface area contributed by atoms with Gasteiger partial charge in [0.1, 0.15) is 11.2 Å². The third kappa shape index (κ3) is 5.78. The first-order chi connectivity index (χ1) is 13.1. The first-order valence-corrected chi connectivity index (χ1v) is 9.22.